The number of amides is 1. The quantitative estimate of drug-likeness (QED) is 0.322. The first-order valence-electron chi connectivity index (χ1n) is 9.28. The molecule has 0 radical (unpaired) electrons. The lowest BCUT2D eigenvalue weighted by atomic mass is 10.1. The van der Waals surface area contributed by atoms with Gasteiger partial charge in [0.2, 0.25) is 11.7 Å². The van der Waals surface area contributed by atoms with Crippen LogP contribution in [0, 0.1) is 0 Å². The molecule has 0 aliphatic heterocycles. The molecule has 146 valence electrons. The van der Waals surface area contributed by atoms with Gasteiger partial charge in [-0.05, 0) is 18.6 Å². The summed E-state index contributed by atoms with van der Waals surface area (Å²) in [6.07, 6.45) is 10.4. The van der Waals surface area contributed by atoms with E-state index < -0.39 is 0 Å². The van der Waals surface area contributed by atoms with Gasteiger partial charge in [0, 0.05) is 12.0 Å². The zero-order valence-electron chi connectivity index (χ0n) is 16.5. The summed E-state index contributed by atoms with van der Waals surface area (Å²) < 4.78 is 15.9. The molecular weight excluding hydrogens is 332 g/mol. The van der Waals surface area contributed by atoms with E-state index in [2.05, 4.69) is 17.5 Å². The van der Waals surface area contributed by atoms with E-state index in [1.807, 2.05) is 0 Å². The molecule has 6 heteroatoms. The van der Waals surface area contributed by atoms with Gasteiger partial charge in [0.05, 0.1) is 27.5 Å². The first-order valence-corrected chi connectivity index (χ1v) is 9.28. The number of hydrogen-bond donors (Lipinski definition) is 1. The van der Waals surface area contributed by atoms with Crippen molar-refractivity contribution in [3.63, 3.8) is 0 Å². The van der Waals surface area contributed by atoms with Crippen LogP contribution in [0.3, 0.4) is 0 Å². The maximum absolute atomic E-state index is 11.8. The lowest BCUT2D eigenvalue weighted by Crippen LogP contribution is -2.16. The topological polar surface area (TPSA) is 69.2 Å². The zero-order chi connectivity index (χ0) is 19.2. The predicted octanol–water partition coefficient (Wildman–Crippen LogP) is 4.30. The SMILES string of the molecule is CCCCCCCCCC(=O)NN=Cc1cc(OC)c(OC)c(OC)c1. The Hall–Kier alpha value is -2.24. The number of ether oxygens (including phenoxy) is 3. The minimum atomic E-state index is -0.0674. The summed E-state index contributed by atoms with van der Waals surface area (Å²) in [4.78, 5) is 11.8. The molecule has 0 atom stereocenters. The lowest BCUT2D eigenvalue weighted by molar-refractivity contribution is -0.121. The summed E-state index contributed by atoms with van der Waals surface area (Å²) in [7, 11) is 4.67. The fourth-order valence-corrected chi connectivity index (χ4v) is 2.65. The first kappa shape index (κ1) is 21.8. The highest BCUT2D eigenvalue weighted by Crippen LogP contribution is 2.37. The number of carbonyl (C=O) groups is 1. The monoisotopic (exact) mass is 364 g/mol. The van der Waals surface area contributed by atoms with Gasteiger partial charge >= 0.3 is 0 Å². The molecule has 0 aliphatic carbocycles. The largest absolute Gasteiger partial charge is 0.493 e. The Kier molecular flexibility index (Phi) is 10.9. The Morgan fingerprint density at radius 2 is 1.54 bits per heavy atom. The second-order valence-corrected chi connectivity index (χ2v) is 6.12. The maximum Gasteiger partial charge on any atom is 0.240 e. The van der Waals surface area contributed by atoms with Crippen LogP contribution in [0.25, 0.3) is 0 Å². The van der Waals surface area contributed by atoms with Crippen molar-refractivity contribution < 1.29 is 19.0 Å². The number of hydrazone groups is 1. The second kappa shape index (κ2) is 13.0. The summed E-state index contributed by atoms with van der Waals surface area (Å²) in [5, 5.41) is 4.01. The summed E-state index contributed by atoms with van der Waals surface area (Å²) in [6, 6.07) is 3.54. The van der Waals surface area contributed by atoms with Crippen molar-refractivity contribution >= 4 is 12.1 Å². The van der Waals surface area contributed by atoms with Gasteiger partial charge in [-0.2, -0.15) is 5.10 Å². The van der Waals surface area contributed by atoms with Gasteiger partial charge in [-0.15, -0.1) is 0 Å². The van der Waals surface area contributed by atoms with Crippen molar-refractivity contribution in [3.8, 4) is 17.2 Å². The number of unbranched alkanes of at least 4 members (excludes halogenated alkanes) is 6. The molecule has 0 heterocycles. The molecule has 1 amide bonds. The van der Waals surface area contributed by atoms with Crippen molar-refractivity contribution in [3.05, 3.63) is 17.7 Å². The molecule has 6 nitrogen and oxygen atoms in total. The number of carbonyl (C=O) groups excluding carboxylic acids is 1. The smallest absolute Gasteiger partial charge is 0.240 e. The number of hydrogen-bond acceptors (Lipinski definition) is 5. The molecule has 0 fully saturated rings. The highest BCUT2D eigenvalue weighted by atomic mass is 16.5. The standard InChI is InChI=1S/C20H32N2O4/c1-5-6-7-8-9-10-11-12-19(23)22-21-15-16-13-17(24-2)20(26-4)18(14-16)25-3/h13-15H,5-12H2,1-4H3,(H,22,23). The Morgan fingerprint density at radius 3 is 2.08 bits per heavy atom. The second-order valence-electron chi connectivity index (χ2n) is 6.12. The highest BCUT2D eigenvalue weighted by Gasteiger charge is 2.12. The Balaban J connectivity index is 2.42. The van der Waals surface area contributed by atoms with Crippen molar-refractivity contribution in [1.29, 1.82) is 0 Å². The van der Waals surface area contributed by atoms with E-state index in [1.54, 1.807) is 39.7 Å². The van der Waals surface area contributed by atoms with Crippen LogP contribution in [-0.4, -0.2) is 33.5 Å². The van der Waals surface area contributed by atoms with Crippen molar-refractivity contribution in [2.75, 3.05) is 21.3 Å². The third-order valence-corrected chi connectivity index (χ3v) is 4.10. The minimum Gasteiger partial charge on any atom is -0.493 e. The zero-order valence-corrected chi connectivity index (χ0v) is 16.5. The highest BCUT2D eigenvalue weighted by molar-refractivity contribution is 5.84. The lowest BCUT2D eigenvalue weighted by Gasteiger charge is -2.12. The van der Waals surface area contributed by atoms with Gasteiger partial charge in [-0.1, -0.05) is 45.4 Å². The number of rotatable bonds is 13. The van der Waals surface area contributed by atoms with Crippen LogP contribution in [0.4, 0.5) is 0 Å². The van der Waals surface area contributed by atoms with Gasteiger partial charge in [-0.25, -0.2) is 5.43 Å². The molecule has 0 aromatic heterocycles. The van der Waals surface area contributed by atoms with E-state index in [0.717, 1.165) is 18.4 Å². The Labute approximate surface area is 156 Å². The van der Waals surface area contributed by atoms with E-state index in [1.165, 1.54) is 32.1 Å². The normalized spacial score (nSPS) is 10.8. The summed E-state index contributed by atoms with van der Waals surface area (Å²) in [6.45, 7) is 2.21. The molecule has 0 spiro atoms. The molecule has 1 aromatic rings. The average Bonchev–Trinajstić information content (AvgIpc) is 2.66. The Morgan fingerprint density at radius 1 is 0.962 bits per heavy atom. The van der Waals surface area contributed by atoms with Crippen LogP contribution < -0.4 is 19.6 Å². The summed E-state index contributed by atoms with van der Waals surface area (Å²) in [5.41, 5.74) is 3.31. The number of nitrogens with zero attached hydrogens (tertiary/aromatic N) is 1. The number of benzene rings is 1. The molecule has 1 rings (SSSR count). The van der Waals surface area contributed by atoms with Crippen molar-refractivity contribution in [2.45, 2.75) is 58.3 Å². The fourth-order valence-electron chi connectivity index (χ4n) is 2.65. The number of nitrogens with one attached hydrogen (secondary N) is 1. The molecule has 1 aromatic carbocycles. The van der Waals surface area contributed by atoms with Crippen LogP contribution in [0.1, 0.15) is 63.9 Å². The van der Waals surface area contributed by atoms with Crippen LogP contribution in [0.2, 0.25) is 0 Å². The van der Waals surface area contributed by atoms with E-state index in [0.29, 0.717) is 23.7 Å². The summed E-state index contributed by atoms with van der Waals surface area (Å²) >= 11 is 0. The molecule has 0 saturated carbocycles. The van der Waals surface area contributed by atoms with Crippen LogP contribution in [-0.2, 0) is 4.79 Å². The van der Waals surface area contributed by atoms with Gasteiger partial charge in [0.1, 0.15) is 0 Å². The van der Waals surface area contributed by atoms with Crippen LogP contribution in [0.15, 0.2) is 17.2 Å². The fraction of sp³-hybridized carbons (Fsp3) is 0.600. The van der Waals surface area contributed by atoms with E-state index >= 15 is 0 Å². The predicted molar refractivity (Wildman–Crippen MR) is 104 cm³/mol. The minimum absolute atomic E-state index is 0.0674. The van der Waals surface area contributed by atoms with Crippen LogP contribution in [0.5, 0.6) is 17.2 Å². The van der Waals surface area contributed by atoms with E-state index in [9.17, 15) is 4.79 Å². The molecule has 0 aliphatic rings. The summed E-state index contributed by atoms with van der Waals surface area (Å²) in [5.74, 6) is 1.54. The van der Waals surface area contributed by atoms with Gasteiger partial charge in [0.25, 0.3) is 0 Å². The molecule has 0 unspecified atom stereocenters. The molecular formula is C20H32N2O4. The molecule has 0 saturated heterocycles. The maximum atomic E-state index is 11.8. The number of methoxy groups -OCH3 is 3. The van der Waals surface area contributed by atoms with Crippen molar-refractivity contribution in [1.82, 2.24) is 5.43 Å². The molecule has 26 heavy (non-hydrogen) atoms. The van der Waals surface area contributed by atoms with Gasteiger partial charge in [0.15, 0.2) is 11.5 Å². The van der Waals surface area contributed by atoms with Crippen molar-refractivity contribution in [2.24, 2.45) is 5.10 Å². The van der Waals surface area contributed by atoms with E-state index in [-0.39, 0.29) is 5.91 Å². The third-order valence-electron chi connectivity index (χ3n) is 4.10. The van der Waals surface area contributed by atoms with Gasteiger partial charge in [-0.3, -0.25) is 4.79 Å². The van der Waals surface area contributed by atoms with E-state index in [4.69, 9.17) is 14.2 Å². The molecule has 1 N–H and O–H groups in total. The van der Waals surface area contributed by atoms with Gasteiger partial charge < -0.3 is 14.2 Å². The van der Waals surface area contributed by atoms with Crippen LogP contribution >= 0.6 is 0 Å². The first-order chi connectivity index (χ1) is 12.7. The molecule has 0 bridgehead atoms. The third kappa shape index (κ3) is 7.76. The average molecular weight is 364 g/mol. The Bertz CT molecular complexity index is 548.